The Morgan fingerprint density at radius 2 is 2.21 bits per heavy atom. The third kappa shape index (κ3) is 2.27. The Kier molecular flexibility index (Phi) is 3.09. The lowest BCUT2D eigenvalue weighted by molar-refractivity contribution is 0.0419. The standard InChI is InChI=1S/C16H22N2O/c1-3-18-14-7-5-4-6-13(14)17-15(18)11-16(19)9-8-12(2)10-16/h4-7,12,19H,3,8-11H2,1-2H3. The van der Waals surface area contributed by atoms with E-state index in [1.54, 1.807) is 0 Å². The van der Waals surface area contributed by atoms with E-state index < -0.39 is 5.60 Å². The van der Waals surface area contributed by atoms with Crippen LogP contribution < -0.4 is 0 Å². The molecular formula is C16H22N2O. The topological polar surface area (TPSA) is 38.0 Å². The monoisotopic (exact) mass is 258 g/mol. The molecule has 1 N–H and O–H groups in total. The molecule has 0 saturated heterocycles. The number of rotatable bonds is 3. The number of nitrogens with zero attached hydrogens (tertiary/aromatic N) is 2. The summed E-state index contributed by atoms with van der Waals surface area (Å²) in [6.45, 7) is 5.27. The lowest BCUT2D eigenvalue weighted by Crippen LogP contribution is -2.29. The first kappa shape index (κ1) is 12.7. The number of aromatic nitrogens is 2. The molecule has 0 bridgehead atoms. The van der Waals surface area contributed by atoms with Gasteiger partial charge in [-0.05, 0) is 44.2 Å². The molecule has 3 heteroatoms. The van der Waals surface area contributed by atoms with Gasteiger partial charge in [0, 0.05) is 13.0 Å². The number of benzene rings is 1. The molecule has 1 aliphatic carbocycles. The van der Waals surface area contributed by atoms with Crippen LogP contribution in [0.2, 0.25) is 0 Å². The summed E-state index contributed by atoms with van der Waals surface area (Å²) >= 11 is 0. The maximum atomic E-state index is 10.7. The second-order valence-corrected chi connectivity index (χ2v) is 6.01. The molecule has 2 aromatic rings. The number of imidazole rings is 1. The smallest absolute Gasteiger partial charge is 0.112 e. The van der Waals surface area contributed by atoms with Crippen molar-refractivity contribution >= 4 is 11.0 Å². The van der Waals surface area contributed by atoms with Crippen molar-refractivity contribution in [2.75, 3.05) is 0 Å². The summed E-state index contributed by atoms with van der Waals surface area (Å²) in [5.74, 6) is 1.66. The molecule has 3 nitrogen and oxygen atoms in total. The van der Waals surface area contributed by atoms with E-state index in [1.807, 2.05) is 18.2 Å². The largest absolute Gasteiger partial charge is 0.389 e. The van der Waals surface area contributed by atoms with Crippen LogP contribution in [0, 0.1) is 5.92 Å². The van der Waals surface area contributed by atoms with Crippen LogP contribution in [0.15, 0.2) is 24.3 Å². The highest BCUT2D eigenvalue weighted by Gasteiger charge is 2.36. The van der Waals surface area contributed by atoms with Gasteiger partial charge in [0.05, 0.1) is 16.6 Å². The molecule has 3 rings (SSSR count). The molecule has 0 spiro atoms. The molecule has 1 saturated carbocycles. The third-order valence-electron chi connectivity index (χ3n) is 4.37. The number of hydrogen-bond donors (Lipinski definition) is 1. The second kappa shape index (κ2) is 4.64. The minimum Gasteiger partial charge on any atom is -0.389 e. The van der Waals surface area contributed by atoms with E-state index >= 15 is 0 Å². The van der Waals surface area contributed by atoms with Crippen LogP contribution in [0.3, 0.4) is 0 Å². The molecule has 2 unspecified atom stereocenters. The maximum absolute atomic E-state index is 10.7. The van der Waals surface area contributed by atoms with Crippen LogP contribution in [0.1, 0.15) is 38.9 Å². The van der Waals surface area contributed by atoms with Gasteiger partial charge in [0.15, 0.2) is 0 Å². The molecule has 0 amide bonds. The number of aliphatic hydroxyl groups is 1. The van der Waals surface area contributed by atoms with Gasteiger partial charge in [0.2, 0.25) is 0 Å². The average molecular weight is 258 g/mol. The van der Waals surface area contributed by atoms with Gasteiger partial charge >= 0.3 is 0 Å². The Hall–Kier alpha value is -1.35. The lowest BCUT2D eigenvalue weighted by Gasteiger charge is -2.22. The van der Waals surface area contributed by atoms with Crippen molar-refractivity contribution < 1.29 is 5.11 Å². The first-order valence-electron chi connectivity index (χ1n) is 7.28. The molecule has 2 atom stereocenters. The van der Waals surface area contributed by atoms with Crippen LogP contribution in [0.5, 0.6) is 0 Å². The van der Waals surface area contributed by atoms with Crippen molar-refractivity contribution in [2.24, 2.45) is 5.92 Å². The molecule has 1 heterocycles. The fourth-order valence-corrected chi connectivity index (χ4v) is 3.44. The van der Waals surface area contributed by atoms with Crippen LogP contribution >= 0.6 is 0 Å². The predicted molar refractivity (Wildman–Crippen MR) is 77.1 cm³/mol. The molecule has 1 aliphatic rings. The highest BCUT2D eigenvalue weighted by Crippen LogP contribution is 2.36. The van der Waals surface area contributed by atoms with Gasteiger partial charge in [-0.1, -0.05) is 19.1 Å². The third-order valence-corrected chi connectivity index (χ3v) is 4.37. The fraction of sp³-hybridized carbons (Fsp3) is 0.562. The van der Waals surface area contributed by atoms with E-state index in [4.69, 9.17) is 4.98 Å². The van der Waals surface area contributed by atoms with Gasteiger partial charge in [-0.15, -0.1) is 0 Å². The minimum absolute atomic E-state index is 0.548. The van der Waals surface area contributed by atoms with Crippen LogP contribution in [-0.4, -0.2) is 20.3 Å². The van der Waals surface area contributed by atoms with E-state index in [2.05, 4.69) is 24.5 Å². The summed E-state index contributed by atoms with van der Waals surface area (Å²) in [4.78, 5) is 4.72. The van der Waals surface area contributed by atoms with E-state index in [1.165, 1.54) is 5.52 Å². The highest BCUT2D eigenvalue weighted by molar-refractivity contribution is 5.75. The molecule has 1 fully saturated rings. The van der Waals surface area contributed by atoms with E-state index in [-0.39, 0.29) is 0 Å². The van der Waals surface area contributed by atoms with Gasteiger partial charge in [0.1, 0.15) is 5.82 Å². The Morgan fingerprint density at radius 3 is 2.89 bits per heavy atom. The van der Waals surface area contributed by atoms with E-state index in [9.17, 15) is 5.11 Å². The number of hydrogen-bond acceptors (Lipinski definition) is 2. The quantitative estimate of drug-likeness (QED) is 0.918. The molecule has 19 heavy (non-hydrogen) atoms. The second-order valence-electron chi connectivity index (χ2n) is 6.01. The summed E-state index contributed by atoms with van der Waals surface area (Å²) in [5, 5.41) is 10.7. The summed E-state index contributed by atoms with van der Waals surface area (Å²) in [5.41, 5.74) is 1.66. The van der Waals surface area contributed by atoms with Gasteiger partial charge in [-0.3, -0.25) is 0 Å². The predicted octanol–water partition coefficient (Wildman–Crippen LogP) is 3.15. The molecule has 1 aromatic heterocycles. The molecule has 1 aromatic carbocycles. The van der Waals surface area contributed by atoms with Crippen LogP contribution in [0.25, 0.3) is 11.0 Å². The van der Waals surface area contributed by atoms with Crippen molar-refractivity contribution in [1.82, 2.24) is 9.55 Å². The fourth-order valence-electron chi connectivity index (χ4n) is 3.44. The Bertz CT molecular complexity index is 589. The molecule has 0 radical (unpaired) electrons. The molecule has 102 valence electrons. The lowest BCUT2D eigenvalue weighted by atomic mass is 9.96. The van der Waals surface area contributed by atoms with Gasteiger partial charge in [0.25, 0.3) is 0 Å². The summed E-state index contributed by atoms with van der Waals surface area (Å²) < 4.78 is 2.23. The normalized spacial score (nSPS) is 27.2. The zero-order chi connectivity index (χ0) is 13.5. The summed E-state index contributed by atoms with van der Waals surface area (Å²) in [6.07, 6.45) is 3.61. The van der Waals surface area contributed by atoms with Gasteiger partial charge in [-0.2, -0.15) is 0 Å². The first-order valence-corrected chi connectivity index (χ1v) is 7.28. The van der Waals surface area contributed by atoms with Crippen molar-refractivity contribution in [3.8, 4) is 0 Å². The average Bonchev–Trinajstić information content (AvgIpc) is 2.89. The molecular weight excluding hydrogens is 236 g/mol. The number of fused-ring (bicyclic) bond motifs is 1. The van der Waals surface area contributed by atoms with Crippen molar-refractivity contribution in [3.05, 3.63) is 30.1 Å². The SMILES string of the molecule is CCn1c(CC2(O)CCC(C)C2)nc2ccccc21. The number of aryl methyl sites for hydroxylation is 1. The Labute approximate surface area is 114 Å². The van der Waals surface area contributed by atoms with Crippen molar-refractivity contribution in [1.29, 1.82) is 0 Å². The first-order chi connectivity index (χ1) is 9.11. The Balaban J connectivity index is 1.96. The zero-order valence-corrected chi connectivity index (χ0v) is 11.8. The molecule has 0 aliphatic heterocycles. The van der Waals surface area contributed by atoms with Crippen molar-refractivity contribution in [2.45, 2.75) is 51.7 Å². The van der Waals surface area contributed by atoms with Gasteiger partial charge < -0.3 is 9.67 Å². The Morgan fingerprint density at radius 1 is 1.42 bits per heavy atom. The summed E-state index contributed by atoms with van der Waals surface area (Å²) in [6, 6.07) is 8.22. The van der Waals surface area contributed by atoms with Crippen molar-refractivity contribution in [3.63, 3.8) is 0 Å². The van der Waals surface area contributed by atoms with Gasteiger partial charge in [-0.25, -0.2) is 4.98 Å². The van der Waals surface area contributed by atoms with E-state index in [0.29, 0.717) is 12.3 Å². The van der Waals surface area contributed by atoms with Crippen LogP contribution in [-0.2, 0) is 13.0 Å². The van der Waals surface area contributed by atoms with E-state index in [0.717, 1.165) is 37.1 Å². The minimum atomic E-state index is -0.548. The number of para-hydroxylation sites is 2. The zero-order valence-electron chi connectivity index (χ0n) is 11.8. The summed E-state index contributed by atoms with van der Waals surface area (Å²) in [7, 11) is 0. The van der Waals surface area contributed by atoms with Crippen LogP contribution in [0.4, 0.5) is 0 Å². The maximum Gasteiger partial charge on any atom is 0.112 e. The highest BCUT2D eigenvalue weighted by atomic mass is 16.3.